The van der Waals surface area contributed by atoms with Gasteiger partial charge in [-0.2, -0.15) is 0 Å². The van der Waals surface area contributed by atoms with Crippen molar-refractivity contribution in [3.63, 3.8) is 0 Å². The summed E-state index contributed by atoms with van der Waals surface area (Å²) in [6.45, 7) is 12.7. The van der Waals surface area contributed by atoms with Gasteiger partial charge in [0, 0.05) is 12.1 Å². The fraction of sp³-hybridized carbons (Fsp3) is 0.355. The quantitative estimate of drug-likeness (QED) is 0.401. The molecule has 0 aliphatic heterocycles. The molecule has 3 rings (SSSR count). The number of hydrogen-bond donors (Lipinski definition) is 1. The van der Waals surface area contributed by atoms with Crippen molar-refractivity contribution in [1.82, 2.24) is 10.2 Å². The highest BCUT2D eigenvalue weighted by atomic mass is 32.2. The van der Waals surface area contributed by atoms with Crippen molar-refractivity contribution in [1.29, 1.82) is 0 Å². The molecule has 208 valence electrons. The summed E-state index contributed by atoms with van der Waals surface area (Å²) < 4.78 is 29.0. The molecule has 0 radical (unpaired) electrons. The van der Waals surface area contributed by atoms with E-state index in [0.29, 0.717) is 5.69 Å². The largest absolute Gasteiger partial charge is 0.350 e. The second-order valence-corrected chi connectivity index (χ2v) is 12.8. The van der Waals surface area contributed by atoms with Gasteiger partial charge in [0.15, 0.2) is 0 Å². The number of sulfonamides is 1. The molecular weight excluding hydrogens is 510 g/mol. The lowest BCUT2D eigenvalue weighted by atomic mass is 10.1. The highest BCUT2D eigenvalue weighted by Gasteiger charge is 2.34. The number of hydrogen-bond acceptors (Lipinski definition) is 4. The van der Waals surface area contributed by atoms with Gasteiger partial charge in [0.2, 0.25) is 11.8 Å². The summed E-state index contributed by atoms with van der Waals surface area (Å²) in [5, 5.41) is 2.94. The monoisotopic (exact) mass is 549 g/mol. The molecule has 0 fully saturated rings. The molecule has 1 atom stereocenters. The second-order valence-electron chi connectivity index (χ2n) is 11.0. The third-order valence-electron chi connectivity index (χ3n) is 6.59. The molecule has 0 aliphatic carbocycles. The lowest BCUT2D eigenvalue weighted by molar-refractivity contribution is -0.140. The van der Waals surface area contributed by atoms with Crippen LogP contribution in [0.1, 0.15) is 49.9 Å². The van der Waals surface area contributed by atoms with Gasteiger partial charge in [0.05, 0.1) is 10.6 Å². The van der Waals surface area contributed by atoms with E-state index >= 15 is 0 Å². The van der Waals surface area contributed by atoms with E-state index in [1.807, 2.05) is 71.9 Å². The summed E-state index contributed by atoms with van der Waals surface area (Å²) in [4.78, 5) is 28.7. The summed E-state index contributed by atoms with van der Waals surface area (Å²) in [7, 11) is -4.09. The van der Waals surface area contributed by atoms with Crippen molar-refractivity contribution in [3.8, 4) is 0 Å². The van der Waals surface area contributed by atoms with Gasteiger partial charge < -0.3 is 10.2 Å². The fourth-order valence-electron chi connectivity index (χ4n) is 4.19. The van der Waals surface area contributed by atoms with Crippen LogP contribution >= 0.6 is 0 Å². The summed E-state index contributed by atoms with van der Waals surface area (Å²) in [6.07, 6.45) is 0. The normalized spacial score (nSPS) is 12.5. The van der Waals surface area contributed by atoms with Gasteiger partial charge in [0.25, 0.3) is 10.0 Å². The van der Waals surface area contributed by atoms with Crippen LogP contribution in [-0.2, 0) is 26.2 Å². The van der Waals surface area contributed by atoms with E-state index < -0.39 is 34.1 Å². The van der Waals surface area contributed by atoms with E-state index in [0.717, 1.165) is 26.6 Å². The van der Waals surface area contributed by atoms with Crippen LogP contribution in [0.15, 0.2) is 77.7 Å². The van der Waals surface area contributed by atoms with Crippen LogP contribution in [0, 0.1) is 20.8 Å². The van der Waals surface area contributed by atoms with Crippen LogP contribution in [-0.4, -0.2) is 43.3 Å². The fourth-order valence-corrected chi connectivity index (χ4v) is 5.68. The lowest BCUT2D eigenvalue weighted by Gasteiger charge is -2.34. The molecule has 0 bridgehead atoms. The molecule has 0 saturated heterocycles. The molecule has 1 N–H and O–H groups in total. The van der Waals surface area contributed by atoms with E-state index in [-0.39, 0.29) is 17.3 Å². The average molecular weight is 550 g/mol. The van der Waals surface area contributed by atoms with Crippen LogP contribution in [0.5, 0.6) is 0 Å². The summed E-state index contributed by atoms with van der Waals surface area (Å²) in [6, 6.07) is 20.3. The molecule has 7 nitrogen and oxygen atoms in total. The molecule has 0 unspecified atom stereocenters. The predicted molar refractivity (Wildman–Crippen MR) is 156 cm³/mol. The number of nitrogens with zero attached hydrogens (tertiary/aromatic N) is 2. The van der Waals surface area contributed by atoms with Gasteiger partial charge >= 0.3 is 0 Å². The highest BCUT2D eigenvalue weighted by molar-refractivity contribution is 7.92. The van der Waals surface area contributed by atoms with Gasteiger partial charge in [-0.05, 0) is 83.4 Å². The van der Waals surface area contributed by atoms with Crippen molar-refractivity contribution in [2.24, 2.45) is 0 Å². The molecule has 3 aromatic rings. The third kappa shape index (κ3) is 7.47. The zero-order valence-corrected chi connectivity index (χ0v) is 24.7. The first-order valence-corrected chi connectivity index (χ1v) is 14.5. The Bertz CT molecular complexity index is 1410. The van der Waals surface area contributed by atoms with Crippen LogP contribution in [0.2, 0.25) is 0 Å². The molecule has 39 heavy (non-hydrogen) atoms. The molecule has 2 amide bonds. The van der Waals surface area contributed by atoms with Crippen LogP contribution in [0.3, 0.4) is 0 Å². The Morgan fingerprint density at radius 1 is 0.872 bits per heavy atom. The third-order valence-corrected chi connectivity index (χ3v) is 8.37. The topological polar surface area (TPSA) is 86.8 Å². The lowest BCUT2D eigenvalue weighted by Crippen LogP contribution is -2.54. The molecule has 3 aromatic carbocycles. The predicted octanol–water partition coefficient (Wildman–Crippen LogP) is 5.14. The standard InChI is InChI=1S/C31H39N3O4S/c1-22-16-18-26(19-17-22)20-33(25(4)30(36)32-31(5,6)7)29(35)21-34(28-15-11-12-23(2)24(28)3)39(37,38)27-13-9-8-10-14-27/h8-19,25H,20-21H2,1-7H3,(H,32,36)/t25-/m0/s1. The van der Waals surface area contributed by atoms with E-state index in [1.165, 1.54) is 17.0 Å². The Morgan fingerprint density at radius 3 is 2.08 bits per heavy atom. The van der Waals surface area contributed by atoms with E-state index in [4.69, 9.17) is 0 Å². The molecule has 0 spiro atoms. The van der Waals surface area contributed by atoms with Gasteiger partial charge in [-0.15, -0.1) is 0 Å². The van der Waals surface area contributed by atoms with Crippen LogP contribution in [0.25, 0.3) is 0 Å². The Kier molecular flexibility index (Phi) is 9.22. The summed E-state index contributed by atoms with van der Waals surface area (Å²) in [5.74, 6) is -0.792. The zero-order valence-electron chi connectivity index (χ0n) is 23.9. The van der Waals surface area contributed by atoms with E-state index in [9.17, 15) is 18.0 Å². The molecule has 0 aromatic heterocycles. The first-order chi connectivity index (χ1) is 18.2. The number of aryl methyl sites for hydroxylation is 2. The summed E-state index contributed by atoms with van der Waals surface area (Å²) >= 11 is 0. The maximum atomic E-state index is 14.0. The molecule has 0 heterocycles. The van der Waals surface area contributed by atoms with Gasteiger partial charge in [-0.1, -0.05) is 60.2 Å². The molecular formula is C31H39N3O4S. The van der Waals surface area contributed by atoms with Crippen molar-refractivity contribution >= 4 is 27.5 Å². The summed E-state index contributed by atoms with van der Waals surface area (Å²) in [5.41, 5.74) is 3.51. The van der Waals surface area contributed by atoms with Crippen molar-refractivity contribution in [2.45, 2.75) is 71.5 Å². The number of benzene rings is 3. The number of carbonyl (C=O) groups excluding carboxylic acids is 2. The number of carbonyl (C=O) groups is 2. The number of nitrogens with one attached hydrogen (secondary N) is 1. The van der Waals surface area contributed by atoms with Gasteiger partial charge in [0.1, 0.15) is 12.6 Å². The number of amides is 2. The Balaban J connectivity index is 2.06. The SMILES string of the molecule is Cc1ccc(CN(C(=O)CN(c2cccc(C)c2C)S(=O)(=O)c2ccccc2)[C@@H](C)C(=O)NC(C)(C)C)cc1. The second kappa shape index (κ2) is 12.0. The average Bonchev–Trinajstić information content (AvgIpc) is 2.87. The Labute approximate surface area is 232 Å². The van der Waals surface area contributed by atoms with Crippen LogP contribution < -0.4 is 9.62 Å². The Morgan fingerprint density at radius 2 is 1.49 bits per heavy atom. The van der Waals surface area contributed by atoms with Gasteiger partial charge in [-0.3, -0.25) is 13.9 Å². The smallest absolute Gasteiger partial charge is 0.264 e. The first kappa shape index (κ1) is 29.9. The van der Waals surface area contributed by atoms with Crippen molar-refractivity contribution in [2.75, 3.05) is 10.8 Å². The maximum Gasteiger partial charge on any atom is 0.264 e. The highest BCUT2D eigenvalue weighted by Crippen LogP contribution is 2.29. The molecule has 0 saturated carbocycles. The van der Waals surface area contributed by atoms with Crippen molar-refractivity contribution < 1.29 is 18.0 Å². The zero-order chi connectivity index (χ0) is 29.0. The van der Waals surface area contributed by atoms with E-state index in [1.54, 1.807) is 37.3 Å². The molecule has 0 aliphatic rings. The Hall–Kier alpha value is -3.65. The number of rotatable bonds is 9. The van der Waals surface area contributed by atoms with E-state index in [2.05, 4.69) is 5.32 Å². The maximum absolute atomic E-state index is 14.0. The first-order valence-electron chi connectivity index (χ1n) is 13.0. The number of anilines is 1. The minimum atomic E-state index is -4.09. The van der Waals surface area contributed by atoms with Crippen LogP contribution in [0.4, 0.5) is 5.69 Å². The minimum Gasteiger partial charge on any atom is -0.350 e. The van der Waals surface area contributed by atoms with Gasteiger partial charge in [-0.25, -0.2) is 8.42 Å². The minimum absolute atomic E-state index is 0.0855. The molecule has 8 heteroatoms. The van der Waals surface area contributed by atoms with Crippen molar-refractivity contribution in [3.05, 3.63) is 95.1 Å².